The number of hydrogen-bond acceptors (Lipinski definition) is 4. The van der Waals surface area contributed by atoms with Crippen LogP contribution in [0.1, 0.15) is 11.8 Å². The Hall–Kier alpha value is -0.0600. The van der Waals surface area contributed by atoms with Crippen molar-refractivity contribution in [3.8, 4) is 0 Å². The van der Waals surface area contributed by atoms with E-state index in [9.17, 15) is 0 Å². The molecule has 0 bridgehead atoms. The molecular formula is C8H10OS3. The van der Waals surface area contributed by atoms with Gasteiger partial charge < -0.3 is 4.74 Å². The second-order valence-electron chi connectivity index (χ2n) is 2.05. The molecule has 0 N–H and O–H groups in total. The molecule has 4 heteroatoms. The zero-order valence-corrected chi connectivity index (χ0v) is 9.23. The molecule has 12 heavy (non-hydrogen) atoms. The van der Waals surface area contributed by atoms with Crippen molar-refractivity contribution < 1.29 is 4.74 Å². The second kappa shape index (κ2) is 5.56. The fourth-order valence-electron chi connectivity index (χ4n) is 0.684. The molecule has 1 rings (SSSR count). The molecular weight excluding hydrogens is 208 g/mol. The summed E-state index contributed by atoms with van der Waals surface area (Å²) in [5, 5.41) is 2.07. The molecule has 0 fully saturated rings. The molecule has 66 valence electrons. The van der Waals surface area contributed by atoms with Gasteiger partial charge in [0.1, 0.15) is 0 Å². The highest BCUT2D eigenvalue weighted by atomic mass is 32.2. The minimum absolute atomic E-state index is 0.644. The molecule has 1 heterocycles. The van der Waals surface area contributed by atoms with Gasteiger partial charge in [-0.25, -0.2) is 0 Å². The predicted octanol–water partition coefficient (Wildman–Crippen LogP) is 3.30. The van der Waals surface area contributed by atoms with E-state index >= 15 is 0 Å². The minimum Gasteiger partial charge on any atom is -0.479 e. The molecule has 0 spiro atoms. The quantitative estimate of drug-likeness (QED) is 0.720. The molecule has 0 saturated heterocycles. The van der Waals surface area contributed by atoms with Crippen LogP contribution in [0.2, 0.25) is 0 Å². The molecule has 0 radical (unpaired) electrons. The minimum atomic E-state index is 0.644. The third kappa shape index (κ3) is 3.56. The number of ether oxygens (including phenoxy) is 1. The number of thiocarbonyl (C=S) groups is 1. The van der Waals surface area contributed by atoms with E-state index in [4.69, 9.17) is 17.0 Å². The lowest BCUT2D eigenvalue weighted by molar-refractivity contribution is 0.346. The zero-order chi connectivity index (χ0) is 8.81. The van der Waals surface area contributed by atoms with E-state index in [1.807, 2.05) is 13.0 Å². The maximum Gasteiger partial charge on any atom is 0.220 e. The summed E-state index contributed by atoms with van der Waals surface area (Å²) >= 11 is 8.30. The summed E-state index contributed by atoms with van der Waals surface area (Å²) in [6, 6.07) is 4.15. The topological polar surface area (TPSA) is 9.23 Å². The van der Waals surface area contributed by atoms with E-state index in [-0.39, 0.29) is 0 Å². The SMILES string of the molecule is CCOC(=S)SCc1cccs1. The van der Waals surface area contributed by atoms with E-state index in [2.05, 4.69) is 11.4 Å². The van der Waals surface area contributed by atoms with E-state index in [1.165, 1.54) is 4.88 Å². The van der Waals surface area contributed by atoms with Crippen LogP contribution in [0.15, 0.2) is 17.5 Å². The summed E-state index contributed by atoms with van der Waals surface area (Å²) in [6.07, 6.45) is 0. The van der Waals surface area contributed by atoms with Crippen molar-refractivity contribution in [2.45, 2.75) is 12.7 Å². The molecule has 1 aromatic rings. The Morgan fingerprint density at radius 1 is 1.75 bits per heavy atom. The molecule has 0 amide bonds. The van der Waals surface area contributed by atoms with Crippen LogP contribution in [0.25, 0.3) is 0 Å². The van der Waals surface area contributed by atoms with Gasteiger partial charge in [-0.2, -0.15) is 0 Å². The summed E-state index contributed by atoms with van der Waals surface area (Å²) < 4.78 is 5.78. The van der Waals surface area contributed by atoms with Crippen molar-refractivity contribution in [1.82, 2.24) is 0 Å². The summed E-state index contributed by atoms with van der Waals surface area (Å²) in [6.45, 7) is 2.61. The highest BCUT2D eigenvalue weighted by molar-refractivity contribution is 8.22. The average molecular weight is 218 g/mol. The van der Waals surface area contributed by atoms with Crippen molar-refractivity contribution in [3.05, 3.63) is 22.4 Å². The van der Waals surface area contributed by atoms with Crippen LogP contribution in [-0.4, -0.2) is 11.0 Å². The average Bonchev–Trinajstić information content (AvgIpc) is 2.53. The smallest absolute Gasteiger partial charge is 0.220 e. The second-order valence-corrected chi connectivity index (χ2v) is 4.66. The molecule has 0 aliphatic rings. The Morgan fingerprint density at radius 3 is 3.17 bits per heavy atom. The van der Waals surface area contributed by atoms with Gasteiger partial charge in [0.15, 0.2) is 0 Å². The van der Waals surface area contributed by atoms with E-state index in [1.54, 1.807) is 23.1 Å². The fraction of sp³-hybridized carbons (Fsp3) is 0.375. The van der Waals surface area contributed by atoms with E-state index < -0.39 is 0 Å². The van der Waals surface area contributed by atoms with Gasteiger partial charge in [-0.3, -0.25) is 0 Å². The first-order chi connectivity index (χ1) is 5.83. The van der Waals surface area contributed by atoms with Gasteiger partial charge in [-0.05, 0) is 30.6 Å². The Morgan fingerprint density at radius 2 is 2.58 bits per heavy atom. The van der Waals surface area contributed by atoms with Crippen molar-refractivity contribution in [1.29, 1.82) is 0 Å². The van der Waals surface area contributed by atoms with Crippen LogP contribution < -0.4 is 0 Å². The highest BCUT2D eigenvalue weighted by Crippen LogP contribution is 2.18. The largest absolute Gasteiger partial charge is 0.479 e. The van der Waals surface area contributed by atoms with Crippen LogP contribution in [0, 0.1) is 0 Å². The van der Waals surface area contributed by atoms with Crippen LogP contribution in [0.5, 0.6) is 0 Å². The van der Waals surface area contributed by atoms with Gasteiger partial charge in [0.2, 0.25) is 4.38 Å². The van der Waals surface area contributed by atoms with Crippen molar-refractivity contribution >= 4 is 39.7 Å². The highest BCUT2D eigenvalue weighted by Gasteiger charge is 1.99. The summed E-state index contributed by atoms with van der Waals surface area (Å²) in [7, 11) is 0. The van der Waals surface area contributed by atoms with Gasteiger partial charge in [0.05, 0.1) is 6.61 Å². The molecule has 0 aliphatic heterocycles. The first-order valence-electron chi connectivity index (χ1n) is 3.65. The first kappa shape index (κ1) is 10.0. The van der Waals surface area contributed by atoms with Gasteiger partial charge in [-0.15, -0.1) is 11.3 Å². The van der Waals surface area contributed by atoms with Gasteiger partial charge in [0, 0.05) is 10.6 Å². The van der Waals surface area contributed by atoms with Crippen molar-refractivity contribution in [3.63, 3.8) is 0 Å². The molecule has 0 aliphatic carbocycles. The monoisotopic (exact) mass is 218 g/mol. The summed E-state index contributed by atoms with van der Waals surface area (Å²) in [4.78, 5) is 1.34. The zero-order valence-electron chi connectivity index (χ0n) is 6.78. The number of thioether (sulfide) groups is 1. The number of thiophene rings is 1. The number of hydrogen-bond donors (Lipinski definition) is 0. The number of rotatable bonds is 3. The Balaban J connectivity index is 2.22. The molecule has 0 saturated carbocycles. The van der Waals surface area contributed by atoms with Crippen LogP contribution in [-0.2, 0) is 10.5 Å². The van der Waals surface area contributed by atoms with Gasteiger partial charge in [0.25, 0.3) is 0 Å². The Kier molecular flexibility index (Phi) is 4.65. The van der Waals surface area contributed by atoms with E-state index in [0.717, 1.165) is 5.75 Å². The lowest BCUT2D eigenvalue weighted by atomic mass is 10.5. The molecule has 0 unspecified atom stereocenters. The first-order valence-corrected chi connectivity index (χ1v) is 5.92. The Bertz CT molecular complexity index is 230. The molecule has 1 nitrogen and oxygen atoms in total. The lowest BCUT2D eigenvalue weighted by Gasteiger charge is -2.01. The fourth-order valence-corrected chi connectivity index (χ4v) is 2.47. The third-order valence-corrected chi connectivity index (χ3v) is 3.51. The maximum atomic E-state index is 5.14. The van der Waals surface area contributed by atoms with Gasteiger partial charge in [-0.1, -0.05) is 17.8 Å². The van der Waals surface area contributed by atoms with Gasteiger partial charge >= 0.3 is 0 Å². The molecule has 0 aromatic carbocycles. The summed E-state index contributed by atoms with van der Waals surface area (Å²) in [5.41, 5.74) is 0. The standard InChI is InChI=1S/C8H10OS3/c1-2-9-8(10)12-6-7-4-3-5-11-7/h3-5H,2,6H2,1H3. The lowest BCUT2D eigenvalue weighted by Crippen LogP contribution is -1.95. The van der Waals surface area contributed by atoms with E-state index in [0.29, 0.717) is 11.0 Å². The maximum absolute atomic E-state index is 5.14. The predicted molar refractivity (Wildman–Crippen MR) is 59.8 cm³/mol. The van der Waals surface area contributed by atoms with Crippen LogP contribution >= 0.6 is 35.3 Å². The molecule has 1 aromatic heterocycles. The van der Waals surface area contributed by atoms with Crippen LogP contribution in [0.4, 0.5) is 0 Å². The summed E-state index contributed by atoms with van der Waals surface area (Å²) in [5.74, 6) is 0.927. The van der Waals surface area contributed by atoms with Crippen molar-refractivity contribution in [2.75, 3.05) is 6.61 Å². The Labute approximate surface area is 86.1 Å². The molecule has 0 atom stereocenters. The van der Waals surface area contributed by atoms with Crippen LogP contribution in [0.3, 0.4) is 0 Å². The van der Waals surface area contributed by atoms with Crippen molar-refractivity contribution in [2.24, 2.45) is 0 Å². The third-order valence-electron chi connectivity index (χ3n) is 1.17. The normalized spacial score (nSPS) is 9.75.